The van der Waals surface area contributed by atoms with Crippen molar-refractivity contribution in [2.45, 2.75) is 26.9 Å². The summed E-state index contributed by atoms with van der Waals surface area (Å²) in [6.07, 6.45) is 1.91. The van der Waals surface area contributed by atoms with Crippen LogP contribution in [0.25, 0.3) is 0 Å². The Hall–Kier alpha value is -1.27. The van der Waals surface area contributed by atoms with Crippen LogP contribution in [0.15, 0.2) is 10.6 Å². The summed E-state index contributed by atoms with van der Waals surface area (Å²) in [6.45, 7) is 5.32. The third-order valence-corrected chi connectivity index (χ3v) is 2.97. The number of aromatic nitrogens is 3. The lowest BCUT2D eigenvalue weighted by atomic mass is 10.4. The van der Waals surface area contributed by atoms with Crippen LogP contribution < -0.4 is 0 Å². The van der Waals surface area contributed by atoms with Crippen LogP contribution in [0.1, 0.15) is 21.7 Å². The Labute approximate surface area is 98.1 Å². The minimum Gasteiger partial charge on any atom is -0.424 e. The van der Waals surface area contributed by atoms with Crippen molar-refractivity contribution in [1.29, 1.82) is 0 Å². The van der Waals surface area contributed by atoms with Gasteiger partial charge in [-0.2, -0.15) is 0 Å². The van der Waals surface area contributed by atoms with Gasteiger partial charge >= 0.3 is 0 Å². The monoisotopic (exact) mass is 238 g/mol. The lowest BCUT2D eigenvalue weighted by Gasteiger charge is -2.11. The van der Waals surface area contributed by atoms with Gasteiger partial charge in [0.25, 0.3) is 0 Å². The third-order valence-electron chi connectivity index (χ3n) is 2.07. The van der Waals surface area contributed by atoms with Crippen molar-refractivity contribution in [3.05, 3.63) is 27.9 Å². The van der Waals surface area contributed by atoms with E-state index in [2.05, 4.69) is 20.1 Å². The highest BCUT2D eigenvalue weighted by Crippen LogP contribution is 2.14. The molecule has 5 nitrogen and oxygen atoms in total. The molecule has 6 heteroatoms. The SMILES string of the molecule is Cc1nnc(CN(C)Cc2cnc(C)s2)o1. The van der Waals surface area contributed by atoms with E-state index < -0.39 is 0 Å². The Morgan fingerprint density at radius 1 is 1.31 bits per heavy atom. The van der Waals surface area contributed by atoms with Gasteiger partial charge in [-0.3, -0.25) is 4.90 Å². The van der Waals surface area contributed by atoms with Crippen LogP contribution in [-0.4, -0.2) is 27.1 Å². The van der Waals surface area contributed by atoms with Crippen LogP contribution in [0.4, 0.5) is 0 Å². The zero-order valence-electron chi connectivity index (χ0n) is 9.60. The zero-order chi connectivity index (χ0) is 11.5. The lowest BCUT2D eigenvalue weighted by Crippen LogP contribution is -2.16. The molecular formula is C10H14N4OS. The molecule has 0 saturated heterocycles. The first kappa shape index (κ1) is 11.2. The van der Waals surface area contributed by atoms with Crippen molar-refractivity contribution in [2.75, 3.05) is 7.05 Å². The molecule has 2 rings (SSSR count). The molecule has 2 aromatic heterocycles. The summed E-state index contributed by atoms with van der Waals surface area (Å²) in [5, 5.41) is 8.85. The zero-order valence-corrected chi connectivity index (χ0v) is 10.4. The van der Waals surface area contributed by atoms with Gasteiger partial charge in [-0.05, 0) is 14.0 Å². The van der Waals surface area contributed by atoms with Crippen molar-refractivity contribution in [1.82, 2.24) is 20.1 Å². The van der Waals surface area contributed by atoms with Crippen molar-refractivity contribution < 1.29 is 4.42 Å². The van der Waals surface area contributed by atoms with E-state index in [0.29, 0.717) is 18.3 Å². The van der Waals surface area contributed by atoms with Crippen molar-refractivity contribution >= 4 is 11.3 Å². The van der Waals surface area contributed by atoms with Gasteiger partial charge in [0.1, 0.15) is 0 Å². The van der Waals surface area contributed by atoms with Crippen LogP contribution in [0.5, 0.6) is 0 Å². The van der Waals surface area contributed by atoms with E-state index in [0.717, 1.165) is 11.6 Å². The first-order valence-corrected chi connectivity index (χ1v) is 5.84. The summed E-state index contributed by atoms with van der Waals surface area (Å²) >= 11 is 1.71. The van der Waals surface area contributed by atoms with Crippen LogP contribution >= 0.6 is 11.3 Å². The normalized spacial score (nSPS) is 11.2. The maximum Gasteiger partial charge on any atom is 0.230 e. The fraction of sp³-hybridized carbons (Fsp3) is 0.500. The lowest BCUT2D eigenvalue weighted by molar-refractivity contribution is 0.281. The number of hydrogen-bond donors (Lipinski definition) is 0. The second kappa shape index (κ2) is 4.71. The fourth-order valence-electron chi connectivity index (χ4n) is 1.43. The molecule has 16 heavy (non-hydrogen) atoms. The minimum absolute atomic E-state index is 0.608. The highest BCUT2D eigenvalue weighted by atomic mass is 32.1. The smallest absolute Gasteiger partial charge is 0.230 e. The van der Waals surface area contributed by atoms with Gasteiger partial charge in [0.15, 0.2) is 0 Å². The Morgan fingerprint density at radius 2 is 2.12 bits per heavy atom. The molecule has 0 radical (unpaired) electrons. The van der Waals surface area contributed by atoms with E-state index in [4.69, 9.17) is 4.42 Å². The van der Waals surface area contributed by atoms with Crippen molar-refractivity contribution in [3.8, 4) is 0 Å². The summed E-state index contributed by atoms with van der Waals surface area (Å²) in [5.74, 6) is 1.26. The maximum absolute atomic E-state index is 5.32. The molecule has 0 fully saturated rings. The highest BCUT2D eigenvalue weighted by Gasteiger charge is 2.08. The molecule has 0 N–H and O–H groups in total. The number of rotatable bonds is 4. The van der Waals surface area contributed by atoms with Gasteiger partial charge in [-0.25, -0.2) is 4.98 Å². The molecule has 0 aliphatic heterocycles. The number of aryl methyl sites for hydroxylation is 2. The Morgan fingerprint density at radius 3 is 2.69 bits per heavy atom. The summed E-state index contributed by atoms with van der Waals surface area (Å²) in [7, 11) is 2.02. The van der Waals surface area contributed by atoms with E-state index in [-0.39, 0.29) is 0 Å². The van der Waals surface area contributed by atoms with E-state index in [1.807, 2.05) is 20.2 Å². The van der Waals surface area contributed by atoms with Gasteiger partial charge in [0, 0.05) is 24.5 Å². The highest BCUT2D eigenvalue weighted by molar-refractivity contribution is 7.11. The molecule has 0 saturated carbocycles. The molecule has 2 heterocycles. The van der Waals surface area contributed by atoms with Gasteiger partial charge in [-0.15, -0.1) is 21.5 Å². The Kier molecular flexibility index (Phi) is 3.31. The fourth-order valence-corrected chi connectivity index (χ4v) is 2.31. The van der Waals surface area contributed by atoms with Crippen molar-refractivity contribution in [2.24, 2.45) is 0 Å². The topological polar surface area (TPSA) is 55.1 Å². The third kappa shape index (κ3) is 2.86. The maximum atomic E-state index is 5.32. The number of hydrogen-bond acceptors (Lipinski definition) is 6. The average Bonchev–Trinajstić information content (AvgIpc) is 2.76. The molecule has 0 aliphatic rings. The van der Waals surface area contributed by atoms with Gasteiger partial charge in [0.05, 0.1) is 11.6 Å². The molecule has 0 amide bonds. The largest absolute Gasteiger partial charge is 0.424 e. The van der Waals surface area contributed by atoms with Crippen LogP contribution in [0.2, 0.25) is 0 Å². The minimum atomic E-state index is 0.608. The van der Waals surface area contributed by atoms with Gasteiger partial charge in [0.2, 0.25) is 11.8 Å². The van der Waals surface area contributed by atoms with E-state index in [1.165, 1.54) is 4.88 Å². The van der Waals surface area contributed by atoms with E-state index in [1.54, 1.807) is 18.3 Å². The van der Waals surface area contributed by atoms with Crippen LogP contribution in [-0.2, 0) is 13.1 Å². The predicted octanol–water partition coefficient (Wildman–Crippen LogP) is 1.77. The first-order chi connectivity index (χ1) is 7.63. The van der Waals surface area contributed by atoms with Gasteiger partial charge in [-0.1, -0.05) is 0 Å². The standard InChI is InChI=1S/C10H14N4OS/c1-7-12-13-10(15-7)6-14(3)5-9-4-11-8(2)16-9/h4H,5-6H2,1-3H3. The second-order valence-corrected chi connectivity index (χ2v) is 5.05. The summed E-state index contributed by atoms with van der Waals surface area (Å²) in [5.41, 5.74) is 0. The second-order valence-electron chi connectivity index (χ2n) is 3.73. The predicted molar refractivity (Wildman–Crippen MR) is 61.1 cm³/mol. The first-order valence-electron chi connectivity index (χ1n) is 5.02. The molecular weight excluding hydrogens is 224 g/mol. The summed E-state index contributed by atoms with van der Waals surface area (Å²) in [4.78, 5) is 7.59. The van der Waals surface area contributed by atoms with Crippen molar-refractivity contribution in [3.63, 3.8) is 0 Å². The average molecular weight is 238 g/mol. The Bertz CT molecular complexity index is 423. The molecule has 0 aromatic carbocycles. The number of nitrogens with zero attached hydrogens (tertiary/aromatic N) is 4. The van der Waals surface area contributed by atoms with Crippen LogP contribution in [0.3, 0.4) is 0 Å². The number of thiazole rings is 1. The van der Waals surface area contributed by atoms with Gasteiger partial charge < -0.3 is 4.42 Å². The van der Waals surface area contributed by atoms with E-state index in [9.17, 15) is 0 Å². The molecule has 0 aliphatic carbocycles. The summed E-state index contributed by atoms with van der Waals surface area (Å²) < 4.78 is 5.32. The molecule has 0 spiro atoms. The Balaban J connectivity index is 1.91. The molecule has 0 bridgehead atoms. The quantitative estimate of drug-likeness (QED) is 0.812. The summed E-state index contributed by atoms with van der Waals surface area (Å²) in [6, 6.07) is 0. The molecule has 86 valence electrons. The molecule has 0 atom stereocenters. The molecule has 0 unspecified atom stereocenters. The van der Waals surface area contributed by atoms with E-state index >= 15 is 0 Å². The molecule has 2 aromatic rings. The van der Waals surface area contributed by atoms with Crippen LogP contribution in [0, 0.1) is 13.8 Å².